The van der Waals surface area contributed by atoms with Crippen LogP contribution in [0, 0.1) is 0 Å². The van der Waals surface area contributed by atoms with Gasteiger partial charge in [-0.15, -0.1) is 11.8 Å². The molecule has 1 aliphatic rings. The van der Waals surface area contributed by atoms with E-state index in [1.165, 1.54) is 0 Å². The Kier molecular flexibility index (Phi) is 3.66. The van der Waals surface area contributed by atoms with E-state index in [-0.39, 0.29) is 12.5 Å². The van der Waals surface area contributed by atoms with Gasteiger partial charge in [0.05, 0.1) is 18.0 Å². The third kappa shape index (κ3) is 2.81. The number of nitrogens with one attached hydrogen (secondary N) is 2. The first-order valence-corrected chi connectivity index (χ1v) is 7.22. The molecule has 1 amide bonds. The SMILES string of the molecule is O=C1CSc2ccc(NCc3ccc(CO)o3)cc2N1. The maximum absolute atomic E-state index is 11.4. The Labute approximate surface area is 120 Å². The molecular weight excluding hydrogens is 276 g/mol. The fourth-order valence-corrected chi connectivity index (χ4v) is 2.77. The lowest BCUT2D eigenvalue weighted by molar-refractivity contribution is -0.113. The molecule has 1 aliphatic heterocycles. The molecule has 1 aromatic heterocycles. The number of benzene rings is 1. The van der Waals surface area contributed by atoms with Gasteiger partial charge in [0.2, 0.25) is 5.91 Å². The Morgan fingerprint density at radius 1 is 1.30 bits per heavy atom. The van der Waals surface area contributed by atoms with Crippen LogP contribution in [-0.4, -0.2) is 16.8 Å². The number of furan rings is 1. The summed E-state index contributed by atoms with van der Waals surface area (Å²) in [7, 11) is 0. The first kappa shape index (κ1) is 13.1. The van der Waals surface area contributed by atoms with Crippen molar-refractivity contribution in [3.63, 3.8) is 0 Å². The van der Waals surface area contributed by atoms with Crippen molar-refractivity contribution in [2.45, 2.75) is 18.0 Å². The summed E-state index contributed by atoms with van der Waals surface area (Å²) in [6.45, 7) is 0.433. The Morgan fingerprint density at radius 3 is 2.95 bits per heavy atom. The van der Waals surface area contributed by atoms with E-state index in [2.05, 4.69) is 10.6 Å². The number of aliphatic hydroxyl groups is 1. The third-order valence-corrected chi connectivity index (χ3v) is 4.03. The molecule has 2 heterocycles. The van der Waals surface area contributed by atoms with Crippen molar-refractivity contribution in [3.05, 3.63) is 41.9 Å². The number of carbonyl (C=O) groups is 1. The Bertz CT molecular complexity index is 639. The maximum Gasteiger partial charge on any atom is 0.234 e. The molecule has 6 heteroatoms. The fourth-order valence-electron chi connectivity index (χ4n) is 1.98. The van der Waals surface area contributed by atoms with Gasteiger partial charge in [0, 0.05) is 10.6 Å². The van der Waals surface area contributed by atoms with Crippen LogP contribution in [0.15, 0.2) is 39.6 Å². The van der Waals surface area contributed by atoms with Crippen molar-refractivity contribution in [2.75, 3.05) is 16.4 Å². The van der Waals surface area contributed by atoms with E-state index in [1.54, 1.807) is 17.8 Å². The van der Waals surface area contributed by atoms with Crippen LogP contribution in [0.3, 0.4) is 0 Å². The highest BCUT2D eigenvalue weighted by Gasteiger charge is 2.15. The number of anilines is 2. The van der Waals surface area contributed by atoms with Crippen LogP contribution in [0.5, 0.6) is 0 Å². The molecule has 0 fully saturated rings. The van der Waals surface area contributed by atoms with E-state index in [0.29, 0.717) is 18.1 Å². The van der Waals surface area contributed by atoms with E-state index >= 15 is 0 Å². The lowest BCUT2D eigenvalue weighted by atomic mass is 10.2. The molecule has 2 aromatic rings. The number of rotatable bonds is 4. The molecule has 5 nitrogen and oxygen atoms in total. The van der Waals surface area contributed by atoms with Crippen LogP contribution in [0.25, 0.3) is 0 Å². The second kappa shape index (κ2) is 5.60. The van der Waals surface area contributed by atoms with Crippen molar-refractivity contribution in [3.8, 4) is 0 Å². The van der Waals surface area contributed by atoms with E-state index in [9.17, 15) is 4.79 Å². The topological polar surface area (TPSA) is 74.5 Å². The first-order valence-electron chi connectivity index (χ1n) is 6.23. The van der Waals surface area contributed by atoms with Gasteiger partial charge in [-0.3, -0.25) is 4.79 Å². The molecular formula is C14H14N2O3S. The molecule has 0 radical (unpaired) electrons. The molecule has 0 atom stereocenters. The molecule has 0 aliphatic carbocycles. The first-order chi connectivity index (χ1) is 9.74. The van der Waals surface area contributed by atoms with Crippen molar-refractivity contribution in [1.82, 2.24) is 0 Å². The van der Waals surface area contributed by atoms with Gasteiger partial charge in [-0.1, -0.05) is 0 Å². The molecule has 1 aromatic carbocycles. The summed E-state index contributed by atoms with van der Waals surface area (Å²) in [6.07, 6.45) is 0. The van der Waals surface area contributed by atoms with Gasteiger partial charge in [-0.2, -0.15) is 0 Å². The van der Waals surface area contributed by atoms with Crippen molar-refractivity contribution < 1.29 is 14.3 Å². The van der Waals surface area contributed by atoms with Crippen LogP contribution in [0.4, 0.5) is 11.4 Å². The third-order valence-electron chi connectivity index (χ3n) is 2.95. The number of thioether (sulfide) groups is 1. The fraction of sp³-hybridized carbons (Fsp3) is 0.214. The van der Waals surface area contributed by atoms with Gasteiger partial charge in [0.25, 0.3) is 0 Å². The number of hydrogen-bond acceptors (Lipinski definition) is 5. The second-order valence-corrected chi connectivity index (χ2v) is 5.44. The van der Waals surface area contributed by atoms with Crippen molar-refractivity contribution in [2.24, 2.45) is 0 Å². The number of amides is 1. The summed E-state index contributed by atoms with van der Waals surface area (Å²) in [5.41, 5.74) is 1.75. The van der Waals surface area contributed by atoms with Crippen molar-refractivity contribution in [1.29, 1.82) is 0 Å². The number of aliphatic hydroxyl groups excluding tert-OH is 1. The standard InChI is InChI=1S/C14H14N2O3S/c17-7-11-3-2-10(19-11)6-15-9-1-4-13-12(5-9)16-14(18)8-20-13/h1-5,15,17H,6-8H2,(H,16,18). The number of hydrogen-bond donors (Lipinski definition) is 3. The largest absolute Gasteiger partial charge is 0.462 e. The van der Waals surface area contributed by atoms with Gasteiger partial charge in [-0.05, 0) is 30.3 Å². The minimum absolute atomic E-state index is 0.0262. The van der Waals surface area contributed by atoms with E-state index in [1.807, 2.05) is 24.3 Å². The molecule has 3 N–H and O–H groups in total. The summed E-state index contributed by atoms with van der Waals surface area (Å²) in [5, 5.41) is 15.0. The van der Waals surface area contributed by atoms with E-state index in [0.717, 1.165) is 22.0 Å². The van der Waals surface area contributed by atoms with Crippen molar-refractivity contribution >= 4 is 29.0 Å². The predicted octanol–water partition coefficient (Wildman–Crippen LogP) is 2.43. The summed E-state index contributed by atoms with van der Waals surface area (Å²) >= 11 is 1.54. The number of carbonyl (C=O) groups excluding carboxylic acids is 1. The lowest BCUT2D eigenvalue weighted by Gasteiger charge is -2.17. The zero-order valence-electron chi connectivity index (χ0n) is 10.7. The summed E-state index contributed by atoms with van der Waals surface area (Å²) in [6, 6.07) is 9.45. The van der Waals surface area contributed by atoms with Gasteiger partial charge >= 0.3 is 0 Å². The van der Waals surface area contributed by atoms with E-state index in [4.69, 9.17) is 9.52 Å². The smallest absolute Gasteiger partial charge is 0.234 e. The Balaban J connectivity index is 1.68. The lowest BCUT2D eigenvalue weighted by Crippen LogP contribution is -2.18. The summed E-state index contributed by atoms with van der Waals surface area (Å²) in [4.78, 5) is 12.4. The molecule has 0 saturated carbocycles. The molecule has 104 valence electrons. The van der Waals surface area contributed by atoms with Crippen LogP contribution < -0.4 is 10.6 Å². The normalized spacial score (nSPS) is 13.8. The molecule has 20 heavy (non-hydrogen) atoms. The molecule has 3 rings (SSSR count). The average Bonchev–Trinajstić information content (AvgIpc) is 2.92. The minimum Gasteiger partial charge on any atom is -0.462 e. The van der Waals surface area contributed by atoms with Gasteiger partial charge in [0.15, 0.2) is 0 Å². The van der Waals surface area contributed by atoms with Gasteiger partial charge in [0.1, 0.15) is 18.1 Å². The quantitative estimate of drug-likeness (QED) is 0.806. The highest BCUT2D eigenvalue weighted by Crippen LogP contribution is 2.33. The zero-order chi connectivity index (χ0) is 13.9. The number of fused-ring (bicyclic) bond motifs is 1. The highest BCUT2D eigenvalue weighted by molar-refractivity contribution is 8.00. The summed E-state index contributed by atoms with van der Waals surface area (Å²) in [5.74, 6) is 1.80. The molecule has 0 saturated heterocycles. The Morgan fingerprint density at radius 2 is 2.15 bits per heavy atom. The predicted molar refractivity (Wildman–Crippen MR) is 77.8 cm³/mol. The van der Waals surface area contributed by atoms with Crippen LogP contribution in [-0.2, 0) is 17.9 Å². The minimum atomic E-state index is -0.0951. The van der Waals surface area contributed by atoms with Gasteiger partial charge < -0.3 is 20.2 Å². The highest BCUT2D eigenvalue weighted by atomic mass is 32.2. The maximum atomic E-state index is 11.4. The summed E-state index contributed by atoms with van der Waals surface area (Å²) < 4.78 is 5.40. The molecule has 0 unspecified atom stereocenters. The monoisotopic (exact) mass is 290 g/mol. The van der Waals surface area contributed by atoms with Gasteiger partial charge in [-0.25, -0.2) is 0 Å². The second-order valence-electron chi connectivity index (χ2n) is 4.43. The molecule has 0 bridgehead atoms. The van der Waals surface area contributed by atoms with E-state index < -0.39 is 0 Å². The zero-order valence-corrected chi connectivity index (χ0v) is 11.5. The van der Waals surface area contributed by atoms with Crippen LogP contribution in [0.1, 0.15) is 11.5 Å². The molecule has 0 spiro atoms. The Hall–Kier alpha value is -1.92. The average molecular weight is 290 g/mol. The van der Waals surface area contributed by atoms with Crippen LogP contribution >= 0.6 is 11.8 Å². The van der Waals surface area contributed by atoms with Crippen LogP contribution in [0.2, 0.25) is 0 Å².